The minimum atomic E-state index is 0. The monoisotopic (exact) mass is 425 g/mol. The lowest BCUT2D eigenvalue weighted by molar-refractivity contribution is -0.130. The number of carbonyl (C=O) groups excluding carboxylic acids is 1. The van der Waals surface area contributed by atoms with E-state index in [9.17, 15) is 4.79 Å². The molecule has 2 aromatic rings. The Labute approximate surface area is 175 Å². The molecule has 1 aromatic carbocycles. The first-order valence-electron chi connectivity index (χ1n) is 9.50. The number of carbonyl (C=O) groups is 1. The quantitative estimate of drug-likeness (QED) is 0.791. The molecule has 2 aliphatic rings. The van der Waals surface area contributed by atoms with Crippen molar-refractivity contribution in [2.45, 2.75) is 25.3 Å². The average Bonchev–Trinajstić information content (AvgIpc) is 3.37. The summed E-state index contributed by atoms with van der Waals surface area (Å²) in [4.78, 5) is 21.4. The molecule has 4 rings (SSSR count). The van der Waals surface area contributed by atoms with Gasteiger partial charge in [-0.05, 0) is 30.7 Å². The van der Waals surface area contributed by atoms with Crippen LogP contribution in [0.25, 0.3) is 11.4 Å². The second-order valence-corrected chi connectivity index (χ2v) is 7.52. The molecule has 28 heavy (non-hydrogen) atoms. The number of piperazine rings is 1. The number of benzene rings is 1. The Morgan fingerprint density at radius 2 is 1.96 bits per heavy atom. The largest absolute Gasteiger partial charge is 0.341 e. The molecule has 0 saturated carbocycles. The Hall–Kier alpha value is -1.67. The highest BCUT2D eigenvalue weighted by Crippen LogP contribution is 2.20. The zero-order chi connectivity index (χ0) is 18.6. The Balaban J connectivity index is 0.00000225. The number of nitrogens with one attached hydrogen (secondary N) is 1. The second-order valence-electron chi connectivity index (χ2n) is 7.09. The van der Waals surface area contributed by atoms with Gasteiger partial charge in [-0.1, -0.05) is 16.8 Å². The number of nitrogens with zero attached hydrogens (tertiary/aromatic N) is 4. The Morgan fingerprint density at radius 1 is 1.21 bits per heavy atom. The molecule has 1 unspecified atom stereocenters. The number of likely N-dealkylation sites (tertiary alicyclic amines) is 1. The van der Waals surface area contributed by atoms with Crippen molar-refractivity contribution in [3.05, 3.63) is 35.2 Å². The maximum absolute atomic E-state index is 12.6. The summed E-state index contributed by atoms with van der Waals surface area (Å²) in [5, 5.41) is 8.04. The molecular weight excluding hydrogens is 401 g/mol. The van der Waals surface area contributed by atoms with E-state index in [4.69, 9.17) is 16.1 Å². The number of amides is 1. The van der Waals surface area contributed by atoms with Crippen LogP contribution in [0.1, 0.15) is 18.7 Å². The summed E-state index contributed by atoms with van der Waals surface area (Å²) in [7, 11) is 0. The predicted octanol–water partition coefficient (Wildman–Crippen LogP) is 2.25. The van der Waals surface area contributed by atoms with Crippen LogP contribution in [0.15, 0.2) is 28.8 Å². The lowest BCUT2D eigenvalue weighted by Crippen LogP contribution is -2.49. The van der Waals surface area contributed by atoms with Gasteiger partial charge in [0.15, 0.2) is 0 Å². The zero-order valence-corrected chi connectivity index (χ0v) is 17.2. The number of hydrogen-bond acceptors (Lipinski definition) is 6. The molecule has 9 heteroatoms. The van der Waals surface area contributed by atoms with Crippen molar-refractivity contribution in [2.75, 3.05) is 39.3 Å². The van der Waals surface area contributed by atoms with Crippen LogP contribution >= 0.6 is 24.0 Å². The van der Waals surface area contributed by atoms with E-state index in [2.05, 4.69) is 20.4 Å². The number of aromatic nitrogens is 2. The zero-order valence-electron chi connectivity index (χ0n) is 15.6. The first-order valence-corrected chi connectivity index (χ1v) is 9.88. The third kappa shape index (κ3) is 5.03. The molecule has 1 N–H and O–H groups in total. The van der Waals surface area contributed by atoms with Crippen LogP contribution in [0.4, 0.5) is 0 Å². The summed E-state index contributed by atoms with van der Waals surface area (Å²) >= 11 is 5.90. The van der Waals surface area contributed by atoms with E-state index in [1.807, 2.05) is 17.0 Å². The molecule has 0 spiro atoms. The average molecular weight is 426 g/mol. The molecule has 0 aliphatic carbocycles. The van der Waals surface area contributed by atoms with E-state index >= 15 is 0 Å². The van der Waals surface area contributed by atoms with Gasteiger partial charge in [-0.3, -0.25) is 9.69 Å². The molecule has 0 radical (unpaired) electrons. The predicted molar refractivity (Wildman–Crippen MR) is 110 cm³/mol. The van der Waals surface area contributed by atoms with Crippen LogP contribution in [0.3, 0.4) is 0 Å². The molecule has 3 heterocycles. The minimum absolute atomic E-state index is 0. The van der Waals surface area contributed by atoms with Gasteiger partial charge in [-0.25, -0.2) is 0 Å². The van der Waals surface area contributed by atoms with Gasteiger partial charge in [0.25, 0.3) is 0 Å². The molecule has 7 nitrogen and oxygen atoms in total. The van der Waals surface area contributed by atoms with Crippen molar-refractivity contribution in [2.24, 2.45) is 0 Å². The Morgan fingerprint density at radius 3 is 2.71 bits per heavy atom. The van der Waals surface area contributed by atoms with Crippen LogP contribution in [0.2, 0.25) is 5.02 Å². The van der Waals surface area contributed by atoms with Gasteiger partial charge in [0.1, 0.15) is 0 Å². The van der Waals surface area contributed by atoms with E-state index in [1.165, 1.54) is 0 Å². The standard InChI is InChI=1S/C19H24ClN5O2.ClH/c20-15-3-1-14(2-4-15)19-22-17(27-23-19)5-6-18(26)25-10-7-16(13-25)24-11-8-21-9-12-24;/h1-4,16,21H,5-13H2;1H. The lowest BCUT2D eigenvalue weighted by Gasteiger charge is -2.32. The maximum atomic E-state index is 12.6. The van der Waals surface area contributed by atoms with Gasteiger partial charge < -0.3 is 14.7 Å². The van der Waals surface area contributed by atoms with Crippen LogP contribution in [0, 0.1) is 0 Å². The highest BCUT2D eigenvalue weighted by Gasteiger charge is 2.30. The number of hydrogen-bond donors (Lipinski definition) is 1. The molecule has 1 atom stereocenters. The number of halogens is 2. The van der Waals surface area contributed by atoms with Gasteiger partial charge in [0, 0.05) is 68.7 Å². The van der Waals surface area contributed by atoms with Gasteiger partial charge in [-0.2, -0.15) is 4.98 Å². The fourth-order valence-corrected chi connectivity index (χ4v) is 3.88. The van der Waals surface area contributed by atoms with Gasteiger partial charge in [0.2, 0.25) is 17.6 Å². The van der Waals surface area contributed by atoms with Crippen molar-refractivity contribution in [1.82, 2.24) is 25.3 Å². The normalized spacial score (nSPS) is 20.2. The SMILES string of the molecule is Cl.O=C(CCc1nc(-c2ccc(Cl)cc2)no1)N1CCC(N2CCNCC2)C1. The van der Waals surface area contributed by atoms with E-state index in [-0.39, 0.29) is 18.3 Å². The van der Waals surface area contributed by atoms with E-state index in [1.54, 1.807) is 12.1 Å². The Bertz CT molecular complexity index is 777. The topological polar surface area (TPSA) is 74.5 Å². The smallest absolute Gasteiger partial charge is 0.227 e. The third-order valence-electron chi connectivity index (χ3n) is 5.31. The summed E-state index contributed by atoms with van der Waals surface area (Å²) in [6, 6.07) is 7.78. The van der Waals surface area contributed by atoms with E-state index in [0.717, 1.165) is 51.3 Å². The first kappa shape index (κ1) is 21.0. The first-order chi connectivity index (χ1) is 13.2. The summed E-state index contributed by atoms with van der Waals surface area (Å²) in [5.74, 6) is 1.18. The Kier molecular flexibility index (Phi) is 7.29. The van der Waals surface area contributed by atoms with Crippen molar-refractivity contribution in [3.63, 3.8) is 0 Å². The fraction of sp³-hybridized carbons (Fsp3) is 0.526. The molecule has 1 aromatic heterocycles. The van der Waals surface area contributed by atoms with Crippen LogP contribution in [-0.4, -0.2) is 71.2 Å². The van der Waals surface area contributed by atoms with Gasteiger partial charge >= 0.3 is 0 Å². The van der Waals surface area contributed by atoms with Crippen LogP contribution in [0.5, 0.6) is 0 Å². The number of rotatable bonds is 5. The van der Waals surface area contributed by atoms with Crippen LogP contribution in [-0.2, 0) is 11.2 Å². The van der Waals surface area contributed by atoms with Crippen LogP contribution < -0.4 is 5.32 Å². The molecular formula is C19H25Cl2N5O2. The van der Waals surface area contributed by atoms with Gasteiger partial charge in [-0.15, -0.1) is 12.4 Å². The summed E-state index contributed by atoms with van der Waals surface area (Å²) in [6.07, 6.45) is 1.93. The minimum Gasteiger partial charge on any atom is -0.341 e. The fourth-order valence-electron chi connectivity index (χ4n) is 3.76. The van der Waals surface area contributed by atoms with E-state index in [0.29, 0.717) is 35.6 Å². The second kappa shape index (κ2) is 9.69. The third-order valence-corrected chi connectivity index (χ3v) is 5.56. The summed E-state index contributed by atoms with van der Waals surface area (Å²) in [5.41, 5.74) is 0.846. The highest BCUT2D eigenvalue weighted by molar-refractivity contribution is 6.30. The molecule has 2 fully saturated rings. The van der Waals surface area contributed by atoms with Gasteiger partial charge in [0.05, 0.1) is 0 Å². The molecule has 0 bridgehead atoms. The molecule has 1 amide bonds. The lowest BCUT2D eigenvalue weighted by atomic mass is 10.2. The number of aryl methyl sites for hydroxylation is 1. The molecule has 2 aliphatic heterocycles. The maximum Gasteiger partial charge on any atom is 0.227 e. The highest BCUT2D eigenvalue weighted by atomic mass is 35.5. The molecule has 152 valence electrons. The molecule has 2 saturated heterocycles. The summed E-state index contributed by atoms with van der Waals surface area (Å²) < 4.78 is 5.30. The van der Waals surface area contributed by atoms with Crippen molar-refractivity contribution in [3.8, 4) is 11.4 Å². The van der Waals surface area contributed by atoms with Crippen molar-refractivity contribution < 1.29 is 9.32 Å². The summed E-state index contributed by atoms with van der Waals surface area (Å²) in [6.45, 7) is 5.89. The van der Waals surface area contributed by atoms with E-state index < -0.39 is 0 Å². The van der Waals surface area contributed by atoms with Crippen molar-refractivity contribution >= 4 is 29.9 Å². The van der Waals surface area contributed by atoms with Crippen molar-refractivity contribution in [1.29, 1.82) is 0 Å².